The van der Waals surface area contributed by atoms with Crippen LogP contribution in [0.4, 0.5) is 0 Å². The first-order chi connectivity index (χ1) is 10.5. The van der Waals surface area contributed by atoms with Crippen molar-refractivity contribution in [1.29, 1.82) is 0 Å². The molecule has 0 fully saturated rings. The van der Waals surface area contributed by atoms with Gasteiger partial charge in [0.25, 0.3) is 0 Å². The summed E-state index contributed by atoms with van der Waals surface area (Å²) in [6.45, 7) is 3.75. The van der Waals surface area contributed by atoms with E-state index in [4.69, 9.17) is 23.2 Å². The van der Waals surface area contributed by atoms with Gasteiger partial charge in [0.1, 0.15) is 10.6 Å². The molecule has 1 unspecified atom stereocenters. The lowest BCUT2D eigenvalue weighted by Gasteiger charge is -2.26. The van der Waals surface area contributed by atoms with Crippen LogP contribution in [0, 0.1) is 0 Å². The van der Waals surface area contributed by atoms with Crippen molar-refractivity contribution in [3.63, 3.8) is 0 Å². The largest absolute Gasteiger partial charge is 0.377 e. The Morgan fingerprint density at radius 1 is 1.23 bits per heavy atom. The summed E-state index contributed by atoms with van der Waals surface area (Å²) in [5.74, 6) is 0. The van der Waals surface area contributed by atoms with Crippen LogP contribution >= 0.6 is 34.5 Å². The van der Waals surface area contributed by atoms with Crippen molar-refractivity contribution >= 4 is 44.8 Å². The normalized spacial score (nSPS) is 14.0. The third-order valence-corrected chi connectivity index (χ3v) is 5.20. The monoisotopic (exact) mass is 349 g/mol. The van der Waals surface area contributed by atoms with Crippen LogP contribution < -0.4 is 0 Å². The van der Waals surface area contributed by atoms with Crippen LogP contribution in [0.15, 0.2) is 55.1 Å². The van der Waals surface area contributed by atoms with Crippen LogP contribution in [-0.4, -0.2) is 10.1 Å². The Balaban J connectivity index is 2.20. The number of hydrogen-bond acceptors (Lipinski definition) is 3. The molecule has 0 spiro atoms. The number of halogens is 2. The Kier molecular flexibility index (Phi) is 4.24. The first kappa shape index (κ1) is 15.5. The van der Waals surface area contributed by atoms with Gasteiger partial charge in [0.05, 0.1) is 10.2 Å². The Bertz CT molecular complexity index is 813. The van der Waals surface area contributed by atoms with E-state index in [0.717, 1.165) is 10.2 Å². The molecule has 3 rings (SSSR count). The molecule has 1 aromatic heterocycles. The van der Waals surface area contributed by atoms with Crippen LogP contribution in [0.2, 0.25) is 10.0 Å². The molecule has 0 aliphatic rings. The average molecular weight is 350 g/mol. The molecular weight excluding hydrogens is 337 g/mol. The number of aromatic nitrogens is 1. The topological polar surface area (TPSA) is 33.1 Å². The second-order valence-electron chi connectivity index (χ2n) is 4.96. The Hall–Kier alpha value is -1.39. The number of rotatable bonds is 4. The summed E-state index contributed by atoms with van der Waals surface area (Å²) in [4.78, 5) is 4.57. The first-order valence-corrected chi connectivity index (χ1v) is 8.26. The molecule has 0 aliphatic heterocycles. The summed E-state index contributed by atoms with van der Waals surface area (Å²) in [6, 6.07) is 12.9. The lowest BCUT2D eigenvalue weighted by Crippen LogP contribution is -2.26. The highest BCUT2D eigenvalue weighted by Gasteiger charge is 2.35. The van der Waals surface area contributed by atoms with E-state index in [1.165, 1.54) is 11.3 Å². The number of thiazole rings is 1. The molecule has 1 heterocycles. The summed E-state index contributed by atoms with van der Waals surface area (Å²) >= 11 is 13.7. The second-order valence-corrected chi connectivity index (χ2v) is 6.84. The molecule has 0 amide bonds. The predicted octanol–water partition coefficient (Wildman–Crippen LogP) is 5.42. The fourth-order valence-electron chi connectivity index (χ4n) is 2.40. The van der Waals surface area contributed by atoms with Crippen LogP contribution in [-0.2, 0) is 5.60 Å². The zero-order chi connectivity index (χ0) is 15.7. The number of aliphatic hydroxyl groups is 1. The molecule has 2 aromatic carbocycles. The molecule has 0 saturated heterocycles. The van der Waals surface area contributed by atoms with E-state index >= 15 is 0 Å². The van der Waals surface area contributed by atoms with E-state index in [2.05, 4.69) is 11.6 Å². The summed E-state index contributed by atoms with van der Waals surface area (Å²) in [5, 5.41) is 12.8. The van der Waals surface area contributed by atoms with Gasteiger partial charge in [-0.2, -0.15) is 0 Å². The number of fused-ring (bicyclic) bond motifs is 1. The molecule has 0 aliphatic carbocycles. The van der Waals surface area contributed by atoms with Gasteiger partial charge < -0.3 is 5.11 Å². The number of nitrogens with zero attached hydrogens (tertiary/aromatic N) is 1. The van der Waals surface area contributed by atoms with Crippen molar-refractivity contribution in [1.82, 2.24) is 4.98 Å². The van der Waals surface area contributed by atoms with Gasteiger partial charge in [-0.15, -0.1) is 17.9 Å². The minimum atomic E-state index is -1.31. The van der Waals surface area contributed by atoms with E-state index in [1.807, 2.05) is 24.3 Å². The molecule has 1 atom stereocenters. The summed E-state index contributed by atoms with van der Waals surface area (Å²) in [7, 11) is 0. The zero-order valence-corrected chi connectivity index (χ0v) is 13.9. The van der Waals surface area contributed by atoms with Crippen LogP contribution in [0.25, 0.3) is 10.2 Å². The minimum Gasteiger partial charge on any atom is -0.377 e. The van der Waals surface area contributed by atoms with Crippen molar-refractivity contribution in [2.75, 3.05) is 0 Å². The van der Waals surface area contributed by atoms with Crippen LogP contribution in [0.3, 0.4) is 0 Å². The standard InChI is InChI=1S/C17H13Cl2NOS/c1-2-9-17(21,12-8-7-11(18)10-13(12)19)16-20-14-5-3-4-6-15(14)22-16/h2-8,10,21H,1,9H2. The highest BCUT2D eigenvalue weighted by molar-refractivity contribution is 7.18. The second kappa shape index (κ2) is 6.01. The highest BCUT2D eigenvalue weighted by atomic mass is 35.5. The molecule has 112 valence electrons. The Morgan fingerprint density at radius 3 is 2.68 bits per heavy atom. The van der Waals surface area contributed by atoms with Gasteiger partial charge in [-0.3, -0.25) is 0 Å². The average Bonchev–Trinajstić information content (AvgIpc) is 2.91. The van der Waals surface area contributed by atoms with Crippen LogP contribution in [0.5, 0.6) is 0 Å². The molecule has 1 N–H and O–H groups in total. The fourth-order valence-corrected chi connectivity index (χ4v) is 4.04. The van der Waals surface area contributed by atoms with E-state index in [-0.39, 0.29) is 0 Å². The molecular formula is C17H13Cl2NOS. The Labute approximate surface area is 142 Å². The highest BCUT2D eigenvalue weighted by Crippen LogP contribution is 2.41. The first-order valence-electron chi connectivity index (χ1n) is 6.69. The van der Waals surface area contributed by atoms with Gasteiger partial charge in [0.2, 0.25) is 0 Å². The van der Waals surface area contributed by atoms with Crippen molar-refractivity contribution in [2.24, 2.45) is 0 Å². The molecule has 3 aromatic rings. The number of benzene rings is 2. The van der Waals surface area contributed by atoms with E-state index < -0.39 is 5.60 Å². The molecule has 22 heavy (non-hydrogen) atoms. The van der Waals surface area contributed by atoms with Gasteiger partial charge >= 0.3 is 0 Å². The third kappa shape index (κ3) is 2.66. The van der Waals surface area contributed by atoms with Gasteiger partial charge in [-0.1, -0.05) is 47.5 Å². The molecule has 2 nitrogen and oxygen atoms in total. The van der Waals surface area contributed by atoms with E-state index in [1.54, 1.807) is 24.3 Å². The number of para-hydroxylation sites is 1. The van der Waals surface area contributed by atoms with E-state index in [9.17, 15) is 5.11 Å². The maximum atomic E-state index is 11.3. The van der Waals surface area contributed by atoms with E-state index in [0.29, 0.717) is 27.0 Å². The fraction of sp³-hybridized carbons (Fsp3) is 0.118. The lowest BCUT2D eigenvalue weighted by molar-refractivity contribution is 0.0842. The number of hydrogen-bond donors (Lipinski definition) is 1. The smallest absolute Gasteiger partial charge is 0.146 e. The molecule has 0 bridgehead atoms. The SMILES string of the molecule is C=CCC(O)(c1nc2ccccc2s1)c1ccc(Cl)cc1Cl. The minimum absolute atomic E-state index is 0.314. The molecule has 0 radical (unpaired) electrons. The zero-order valence-electron chi connectivity index (χ0n) is 11.6. The lowest BCUT2D eigenvalue weighted by atomic mass is 9.91. The third-order valence-electron chi connectivity index (χ3n) is 3.46. The predicted molar refractivity (Wildman–Crippen MR) is 93.9 cm³/mol. The van der Waals surface area contributed by atoms with Crippen molar-refractivity contribution in [2.45, 2.75) is 12.0 Å². The maximum Gasteiger partial charge on any atom is 0.146 e. The van der Waals surface area contributed by atoms with Gasteiger partial charge in [0, 0.05) is 22.0 Å². The summed E-state index contributed by atoms with van der Waals surface area (Å²) < 4.78 is 1.02. The summed E-state index contributed by atoms with van der Waals surface area (Å²) in [6.07, 6.45) is 1.98. The van der Waals surface area contributed by atoms with Gasteiger partial charge in [-0.05, 0) is 24.3 Å². The molecule has 5 heteroatoms. The van der Waals surface area contributed by atoms with Crippen molar-refractivity contribution in [3.05, 3.63) is 75.7 Å². The maximum absolute atomic E-state index is 11.3. The Morgan fingerprint density at radius 2 is 2.00 bits per heavy atom. The molecule has 0 saturated carbocycles. The van der Waals surface area contributed by atoms with Crippen molar-refractivity contribution < 1.29 is 5.11 Å². The van der Waals surface area contributed by atoms with Crippen molar-refractivity contribution in [3.8, 4) is 0 Å². The summed E-state index contributed by atoms with van der Waals surface area (Å²) in [5.41, 5.74) is 0.125. The van der Waals surface area contributed by atoms with Gasteiger partial charge in [-0.25, -0.2) is 4.98 Å². The van der Waals surface area contributed by atoms with Gasteiger partial charge in [0.15, 0.2) is 0 Å². The quantitative estimate of drug-likeness (QED) is 0.638. The van der Waals surface area contributed by atoms with Crippen LogP contribution in [0.1, 0.15) is 17.0 Å².